The van der Waals surface area contributed by atoms with E-state index in [0.717, 1.165) is 0 Å². The van der Waals surface area contributed by atoms with Crippen LogP contribution in [0.15, 0.2) is 18.2 Å². The van der Waals surface area contributed by atoms with Crippen molar-refractivity contribution in [3.63, 3.8) is 0 Å². The number of carbonyl (C=O) groups is 1. The molecule has 0 atom stereocenters. The Bertz CT molecular complexity index is 394. The Kier molecular flexibility index (Phi) is 4.90. The summed E-state index contributed by atoms with van der Waals surface area (Å²) >= 11 is 0. The molecule has 3 N–H and O–H groups in total. The van der Waals surface area contributed by atoms with Gasteiger partial charge in [-0.25, -0.2) is 4.39 Å². The van der Waals surface area contributed by atoms with Crippen LogP contribution in [0.4, 0.5) is 10.1 Å². The summed E-state index contributed by atoms with van der Waals surface area (Å²) in [6.45, 7) is 4.69. The highest BCUT2D eigenvalue weighted by atomic mass is 19.1. The number of nitrogen functional groups attached to an aromatic ring is 1. The third-order valence-corrected chi connectivity index (χ3v) is 2.10. The van der Waals surface area contributed by atoms with Gasteiger partial charge < -0.3 is 15.8 Å². The van der Waals surface area contributed by atoms with Crippen LogP contribution >= 0.6 is 0 Å². The zero-order chi connectivity index (χ0) is 12.8. The van der Waals surface area contributed by atoms with Crippen LogP contribution < -0.4 is 11.1 Å². The van der Waals surface area contributed by atoms with E-state index in [4.69, 9.17) is 10.5 Å². The van der Waals surface area contributed by atoms with Crippen LogP contribution in [-0.2, 0) is 4.74 Å². The van der Waals surface area contributed by atoms with Gasteiger partial charge in [0.15, 0.2) is 0 Å². The molecule has 0 heterocycles. The van der Waals surface area contributed by atoms with Crippen molar-refractivity contribution in [1.82, 2.24) is 5.32 Å². The van der Waals surface area contributed by atoms with Crippen molar-refractivity contribution in [2.45, 2.75) is 20.0 Å². The molecule has 0 aliphatic heterocycles. The SMILES string of the molecule is CC(C)OCCNC(=O)c1ccc(F)c(N)c1. The van der Waals surface area contributed by atoms with Crippen molar-refractivity contribution in [3.8, 4) is 0 Å². The van der Waals surface area contributed by atoms with Crippen molar-refractivity contribution in [1.29, 1.82) is 0 Å². The van der Waals surface area contributed by atoms with Gasteiger partial charge in [0.1, 0.15) is 5.82 Å². The molecular formula is C12H17FN2O2. The maximum absolute atomic E-state index is 12.9. The van der Waals surface area contributed by atoms with Gasteiger partial charge in [-0.1, -0.05) is 0 Å². The maximum atomic E-state index is 12.9. The van der Waals surface area contributed by atoms with Gasteiger partial charge in [0, 0.05) is 12.1 Å². The maximum Gasteiger partial charge on any atom is 0.251 e. The molecule has 1 rings (SSSR count). The van der Waals surface area contributed by atoms with E-state index in [1.54, 1.807) is 0 Å². The number of nitrogens with two attached hydrogens (primary N) is 1. The average molecular weight is 240 g/mol. The Labute approximate surface area is 100.0 Å². The molecular weight excluding hydrogens is 223 g/mol. The third-order valence-electron chi connectivity index (χ3n) is 2.10. The van der Waals surface area contributed by atoms with Crippen LogP contribution in [0, 0.1) is 5.82 Å². The summed E-state index contributed by atoms with van der Waals surface area (Å²) in [6, 6.07) is 3.88. The summed E-state index contributed by atoms with van der Waals surface area (Å²) in [7, 11) is 0. The zero-order valence-corrected chi connectivity index (χ0v) is 10.00. The minimum Gasteiger partial charge on any atom is -0.396 e. The van der Waals surface area contributed by atoms with Crippen molar-refractivity contribution >= 4 is 11.6 Å². The summed E-state index contributed by atoms with van der Waals surface area (Å²) in [4.78, 5) is 11.6. The molecule has 0 aromatic heterocycles. The molecule has 0 unspecified atom stereocenters. The molecule has 0 saturated carbocycles. The molecule has 1 aromatic rings. The fraction of sp³-hybridized carbons (Fsp3) is 0.417. The van der Waals surface area contributed by atoms with Crippen LogP contribution in [0.5, 0.6) is 0 Å². The predicted octanol–water partition coefficient (Wildman–Crippen LogP) is 1.56. The van der Waals surface area contributed by atoms with Gasteiger partial charge in [-0.2, -0.15) is 0 Å². The number of amides is 1. The van der Waals surface area contributed by atoms with E-state index in [1.807, 2.05) is 13.8 Å². The van der Waals surface area contributed by atoms with Crippen molar-refractivity contribution in [2.24, 2.45) is 0 Å². The Morgan fingerprint density at radius 2 is 2.24 bits per heavy atom. The Hall–Kier alpha value is -1.62. The van der Waals surface area contributed by atoms with Crippen LogP contribution in [0.1, 0.15) is 24.2 Å². The second-order valence-corrected chi connectivity index (χ2v) is 3.91. The normalized spacial score (nSPS) is 10.6. The lowest BCUT2D eigenvalue weighted by Gasteiger charge is -2.09. The lowest BCUT2D eigenvalue weighted by molar-refractivity contribution is 0.0746. The first kappa shape index (κ1) is 13.4. The van der Waals surface area contributed by atoms with Crippen LogP contribution in [0.25, 0.3) is 0 Å². The molecule has 0 bridgehead atoms. The molecule has 94 valence electrons. The van der Waals surface area contributed by atoms with Gasteiger partial charge in [0.25, 0.3) is 5.91 Å². The summed E-state index contributed by atoms with van der Waals surface area (Å²) in [5, 5.41) is 2.66. The molecule has 0 fully saturated rings. The molecule has 17 heavy (non-hydrogen) atoms. The van der Waals surface area contributed by atoms with Crippen molar-refractivity contribution < 1.29 is 13.9 Å². The number of hydrogen-bond donors (Lipinski definition) is 2. The van der Waals surface area contributed by atoms with Gasteiger partial charge in [-0.15, -0.1) is 0 Å². The summed E-state index contributed by atoms with van der Waals surface area (Å²) in [5.41, 5.74) is 5.68. The van der Waals surface area contributed by atoms with Gasteiger partial charge in [0.05, 0.1) is 18.4 Å². The highest BCUT2D eigenvalue weighted by molar-refractivity contribution is 5.94. The van der Waals surface area contributed by atoms with Crippen LogP contribution in [-0.4, -0.2) is 25.2 Å². The number of nitrogens with one attached hydrogen (secondary N) is 1. The lowest BCUT2D eigenvalue weighted by atomic mass is 10.2. The number of ether oxygens (including phenoxy) is 1. The molecule has 0 radical (unpaired) electrons. The number of benzene rings is 1. The minimum absolute atomic E-state index is 0.0314. The highest BCUT2D eigenvalue weighted by Gasteiger charge is 2.07. The molecule has 0 aliphatic rings. The molecule has 4 nitrogen and oxygen atoms in total. The van der Waals surface area contributed by atoms with E-state index >= 15 is 0 Å². The van der Waals surface area contributed by atoms with E-state index in [2.05, 4.69) is 5.32 Å². The van der Waals surface area contributed by atoms with Crippen molar-refractivity contribution in [2.75, 3.05) is 18.9 Å². The van der Waals surface area contributed by atoms with Crippen LogP contribution in [0.2, 0.25) is 0 Å². The van der Waals surface area contributed by atoms with Crippen molar-refractivity contribution in [3.05, 3.63) is 29.6 Å². The fourth-order valence-corrected chi connectivity index (χ4v) is 1.25. The first-order valence-corrected chi connectivity index (χ1v) is 5.45. The van der Waals surface area contributed by atoms with E-state index < -0.39 is 5.82 Å². The number of carbonyl (C=O) groups excluding carboxylic acids is 1. The van der Waals surface area contributed by atoms with E-state index in [9.17, 15) is 9.18 Å². The highest BCUT2D eigenvalue weighted by Crippen LogP contribution is 2.11. The topological polar surface area (TPSA) is 64.3 Å². The minimum atomic E-state index is -0.523. The average Bonchev–Trinajstić information content (AvgIpc) is 2.27. The van der Waals surface area contributed by atoms with Gasteiger partial charge in [0.2, 0.25) is 0 Å². The summed E-state index contributed by atoms with van der Waals surface area (Å²) < 4.78 is 18.2. The molecule has 0 aliphatic carbocycles. The third kappa shape index (κ3) is 4.40. The second kappa shape index (κ2) is 6.20. The molecule has 1 aromatic carbocycles. The van der Waals surface area contributed by atoms with Gasteiger partial charge in [-0.3, -0.25) is 4.79 Å². The van der Waals surface area contributed by atoms with Crippen LogP contribution in [0.3, 0.4) is 0 Å². The largest absolute Gasteiger partial charge is 0.396 e. The number of hydrogen-bond acceptors (Lipinski definition) is 3. The lowest BCUT2D eigenvalue weighted by Crippen LogP contribution is -2.28. The summed E-state index contributed by atoms with van der Waals surface area (Å²) in [5.74, 6) is -0.811. The van der Waals surface area contributed by atoms with E-state index in [1.165, 1.54) is 18.2 Å². The molecule has 1 amide bonds. The Morgan fingerprint density at radius 3 is 2.82 bits per heavy atom. The molecule has 0 saturated heterocycles. The van der Waals surface area contributed by atoms with Gasteiger partial charge >= 0.3 is 0 Å². The standard InChI is InChI=1S/C12H17FN2O2/c1-8(2)17-6-5-15-12(16)9-3-4-10(13)11(14)7-9/h3-4,7-8H,5-6,14H2,1-2H3,(H,15,16). The number of halogens is 1. The van der Waals surface area contributed by atoms with E-state index in [-0.39, 0.29) is 17.7 Å². The Balaban J connectivity index is 2.44. The smallest absolute Gasteiger partial charge is 0.251 e. The first-order chi connectivity index (χ1) is 8.00. The zero-order valence-electron chi connectivity index (χ0n) is 10.00. The number of rotatable bonds is 5. The Morgan fingerprint density at radius 1 is 1.53 bits per heavy atom. The molecule has 5 heteroatoms. The predicted molar refractivity (Wildman–Crippen MR) is 64.2 cm³/mol. The van der Waals surface area contributed by atoms with E-state index in [0.29, 0.717) is 18.7 Å². The second-order valence-electron chi connectivity index (χ2n) is 3.91. The number of anilines is 1. The van der Waals surface area contributed by atoms with Gasteiger partial charge in [-0.05, 0) is 32.0 Å². The monoisotopic (exact) mass is 240 g/mol. The summed E-state index contributed by atoms with van der Waals surface area (Å²) in [6.07, 6.45) is 0.133. The quantitative estimate of drug-likeness (QED) is 0.606. The first-order valence-electron chi connectivity index (χ1n) is 5.45. The molecule has 0 spiro atoms. The fourth-order valence-electron chi connectivity index (χ4n) is 1.25.